The molecule has 10 heteroatoms. The van der Waals surface area contributed by atoms with Crippen molar-refractivity contribution in [2.75, 3.05) is 37.9 Å². The minimum atomic E-state index is -0.228. The maximum absolute atomic E-state index is 12.0. The second-order valence-electron chi connectivity index (χ2n) is 10.1. The van der Waals surface area contributed by atoms with Gasteiger partial charge in [0.2, 0.25) is 5.91 Å². The smallest absolute Gasteiger partial charge is 0.221 e. The number of benzene rings is 2. The number of aryl methyl sites for hydroxylation is 2. The number of ether oxygens (including phenoxy) is 2. The second-order valence-corrected chi connectivity index (χ2v) is 10.1. The zero-order chi connectivity index (χ0) is 29.1. The lowest BCUT2D eigenvalue weighted by Crippen LogP contribution is -2.20. The largest absolute Gasteiger partial charge is 0.490 e. The quantitative estimate of drug-likeness (QED) is 0.237. The number of rotatable bonds is 9. The van der Waals surface area contributed by atoms with Gasteiger partial charge in [0.1, 0.15) is 35.6 Å². The first-order valence-corrected chi connectivity index (χ1v) is 13.1. The highest BCUT2D eigenvalue weighted by atomic mass is 16.5. The van der Waals surface area contributed by atoms with E-state index >= 15 is 0 Å². The van der Waals surface area contributed by atoms with Crippen molar-refractivity contribution in [3.8, 4) is 23.3 Å². The van der Waals surface area contributed by atoms with Crippen molar-refractivity contribution in [2.24, 2.45) is 0 Å². The van der Waals surface area contributed by atoms with Gasteiger partial charge in [0.15, 0.2) is 0 Å². The van der Waals surface area contributed by atoms with E-state index in [4.69, 9.17) is 9.47 Å². The van der Waals surface area contributed by atoms with E-state index in [9.17, 15) is 10.1 Å². The van der Waals surface area contributed by atoms with Crippen molar-refractivity contribution in [3.05, 3.63) is 77.9 Å². The molecule has 0 saturated heterocycles. The molecule has 1 amide bonds. The number of imidazole rings is 1. The van der Waals surface area contributed by atoms with Crippen molar-refractivity contribution >= 4 is 39.5 Å². The van der Waals surface area contributed by atoms with Gasteiger partial charge in [-0.2, -0.15) is 5.26 Å². The number of nitrogens with one attached hydrogen (secondary N) is 2. The molecule has 5 aromatic rings. The van der Waals surface area contributed by atoms with Crippen LogP contribution in [0.25, 0.3) is 16.6 Å². The summed E-state index contributed by atoms with van der Waals surface area (Å²) in [4.78, 5) is 22.9. The lowest BCUT2D eigenvalue weighted by atomic mass is 10.1. The number of hydrogen-bond donors (Lipinski definition) is 2. The number of carbonyl (C=O) groups is 1. The molecule has 2 aromatic carbocycles. The third kappa shape index (κ3) is 6.05. The fraction of sp³-hybridized carbons (Fsp3) is 0.226. The number of nitriles is 1. The van der Waals surface area contributed by atoms with Crippen molar-refractivity contribution in [2.45, 2.75) is 20.8 Å². The Hall–Kier alpha value is -5.14. The average molecular weight is 550 g/mol. The predicted octanol–water partition coefficient (Wildman–Crippen LogP) is 5.81. The summed E-state index contributed by atoms with van der Waals surface area (Å²) in [5.41, 5.74) is 5.62. The van der Waals surface area contributed by atoms with E-state index < -0.39 is 0 Å². The van der Waals surface area contributed by atoms with Crippen LogP contribution in [0.5, 0.6) is 17.2 Å². The number of anilines is 3. The average Bonchev–Trinajstić information content (AvgIpc) is 3.30. The van der Waals surface area contributed by atoms with Crippen LogP contribution in [0.4, 0.5) is 17.1 Å². The maximum Gasteiger partial charge on any atom is 0.221 e. The molecule has 0 aliphatic rings. The molecule has 2 N–H and O–H groups in total. The van der Waals surface area contributed by atoms with Gasteiger partial charge >= 0.3 is 0 Å². The number of fused-ring (bicyclic) bond motifs is 2. The molecule has 0 aliphatic carbocycles. The molecule has 0 bridgehead atoms. The topological polar surface area (TPSA) is 117 Å². The Balaban J connectivity index is 1.46. The molecule has 10 nitrogen and oxygen atoms in total. The molecule has 208 valence electrons. The fourth-order valence-corrected chi connectivity index (χ4v) is 4.45. The van der Waals surface area contributed by atoms with Gasteiger partial charge in [0.05, 0.1) is 22.5 Å². The van der Waals surface area contributed by atoms with Crippen LogP contribution in [0.3, 0.4) is 0 Å². The van der Waals surface area contributed by atoms with E-state index in [0.717, 1.165) is 22.6 Å². The number of carbonyl (C=O) groups excluding carboxylic acids is 1. The van der Waals surface area contributed by atoms with Crippen LogP contribution in [0.15, 0.2) is 61.1 Å². The van der Waals surface area contributed by atoms with Crippen molar-refractivity contribution in [3.63, 3.8) is 0 Å². The van der Waals surface area contributed by atoms with Gasteiger partial charge < -0.3 is 29.4 Å². The molecular weight excluding hydrogens is 518 g/mol. The van der Waals surface area contributed by atoms with Gasteiger partial charge in [-0.25, -0.2) is 4.98 Å². The lowest BCUT2D eigenvalue weighted by molar-refractivity contribution is -0.114. The molecule has 3 aromatic heterocycles. The van der Waals surface area contributed by atoms with Crippen LogP contribution in [-0.2, 0) is 4.79 Å². The molecule has 0 fully saturated rings. The summed E-state index contributed by atoms with van der Waals surface area (Å²) in [7, 11) is 3.92. The number of amides is 1. The second kappa shape index (κ2) is 11.5. The predicted molar refractivity (Wildman–Crippen MR) is 159 cm³/mol. The number of likely N-dealkylation sites (N-methyl/N-ethyl adjacent to an activating group) is 1. The van der Waals surface area contributed by atoms with Gasteiger partial charge in [0, 0.05) is 61.0 Å². The van der Waals surface area contributed by atoms with Crippen molar-refractivity contribution < 1.29 is 14.3 Å². The summed E-state index contributed by atoms with van der Waals surface area (Å²) in [6.45, 7) is 6.55. The first kappa shape index (κ1) is 27.4. The zero-order valence-corrected chi connectivity index (χ0v) is 23.6. The Labute approximate surface area is 238 Å². The summed E-state index contributed by atoms with van der Waals surface area (Å²) < 4.78 is 14.1. The third-order valence-electron chi connectivity index (χ3n) is 6.54. The molecule has 0 spiro atoms. The molecule has 0 saturated carbocycles. The number of nitrogens with zero attached hydrogens (tertiary/aromatic N) is 5. The molecule has 0 atom stereocenters. The molecule has 0 radical (unpaired) electrons. The standard InChI is InChI=1S/C31H31N7O3/c1-19-12-23(6-7-28(19)41-24-8-9-38-20(2)17-34-30(38)13-24)36-31-22(16-32)18-33-26-15-29(40-11-10-37(4)5)27(14-25(26)31)35-21(3)39/h6-9,12-15,17-18H,10-11H2,1-5H3,(H,33,36)(H,35,39). The van der Waals surface area contributed by atoms with Gasteiger partial charge in [-0.3, -0.25) is 9.78 Å². The van der Waals surface area contributed by atoms with E-state index in [0.29, 0.717) is 58.2 Å². The van der Waals surface area contributed by atoms with E-state index in [-0.39, 0.29) is 5.91 Å². The van der Waals surface area contributed by atoms with E-state index in [1.807, 2.05) is 80.0 Å². The summed E-state index contributed by atoms with van der Waals surface area (Å²) in [5, 5.41) is 16.8. The summed E-state index contributed by atoms with van der Waals surface area (Å²) in [5.74, 6) is 1.68. The summed E-state index contributed by atoms with van der Waals surface area (Å²) >= 11 is 0. The van der Waals surface area contributed by atoms with Crippen LogP contribution >= 0.6 is 0 Å². The van der Waals surface area contributed by atoms with Crippen LogP contribution in [0, 0.1) is 25.2 Å². The molecule has 3 heterocycles. The Kier molecular flexibility index (Phi) is 7.72. The first-order valence-electron chi connectivity index (χ1n) is 13.1. The number of aromatic nitrogens is 3. The summed E-state index contributed by atoms with van der Waals surface area (Å²) in [6.07, 6.45) is 5.29. The molecule has 0 aliphatic heterocycles. The summed E-state index contributed by atoms with van der Waals surface area (Å²) in [6, 6.07) is 15.3. The Bertz CT molecular complexity index is 1800. The Morgan fingerprint density at radius 3 is 2.63 bits per heavy atom. The van der Waals surface area contributed by atoms with E-state index in [1.54, 1.807) is 12.1 Å². The van der Waals surface area contributed by atoms with Gasteiger partial charge in [-0.15, -0.1) is 0 Å². The van der Waals surface area contributed by atoms with E-state index in [2.05, 4.69) is 26.7 Å². The highest BCUT2D eigenvalue weighted by Crippen LogP contribution is 2.37. The van der Waals surface area contributed by atoms with Crippen LogP contribution < -0.4 is 20.1 Å². The van der Waals surface area contributed by atoms with Gasteiger partial charge in [0.25, 0.3) is 0 Å². The van der Waals surface area contributed by atoms with Crippen LogP contribution in [-0.4, -0.2) is 52.4 Å². The maximum atomic E-state index is 12.0. The highest BCUT2D eigenvalue weighted by Gasteiger charge is 2.16. The van der Waals surface area contributed by atoms with Gasteiger partial charge in [-0.05, 0) is 63.8 Å². The molecule has 5 rings (SSSR count). The monoisotopic (exact) mass is 549 g/mol. The Morgan fingerprint density at radius 1 is 1.07 bits per heavy atom. The molecule has 0 unspecified atom stereocenters. The first-order chi connectivity index (χ1) is 19.7. The van der Waals surface area contributed by atoms with Crippen molar-refractivity contribution in [1.82, 2.24) is 19.3 Å². The minimum Gasteiger partial charge on any atom is -0.490 e. The van der Waals surface area contributed by atoms with Gasteiger partial charge in [-0.1, -0.05) is 0 Å². The molecular formula is C31H31N7O3. The normalized spacial score (nSPS) is 11.0. The van der Waals surface area contributed by atoms with Crippen LogP contribution in [0.2, 0.25) is 0 Å². The number of pyridine rings is 2. The zero-order valence-electron chi connectivity index (χ0n) is 23.6. The Morgan fingerprint density at radius 2 is 1.90 bits per heavy atom. The highest BCUT2D eigenvalue weighted by molar-refractivity contribution is 6.01. The third-order valence-corrected chi connectivity index (χ3v) is 6.54. The lowest BCUT2D eigenvalue weighted by Gasteiger charge is -2.17. The number of hydrogen-bond acceptors (Lipinski definition) is 8. The van der Waals surface area contributed by atoms with Crippen LogP contribution in [0.1, 0.15) is 23.7 Å². The van der Waals surface area contributed by atoms with E-state index in [1.165, 1.54) is 13.1 Å². The minimum absolute atomic E-state index is 0.228. The fourth-order valence-electron chi connectivity index (χ4n) is 4.45. The molecule has 41 heavy (non-hydrogen) atoms. The van der Waals surface area contributed by atoms with Crippen molar-refractivity contribution in [1.29, 1.82) is 5.26 Å². The SMILES string of the molecule is CC(=O)Nc1cc2c(Nc3ccc(Oc4ccn5c(C)cnc5c4)c(C)c3)c(C#N)cnc2cc1OCCN(C)C.